The first-order chi connectivity index (χ1) is 27.6. The summed E-state index contributed by atoms with van der Waals surface area (Å²) in [6, 6.07) is 72.7. The third-order valence-electron chi connectivity index (χ3n) is 11.1. The summed E-state index contributed by atoms with van der Waals surface area (Å²) in [4.78, 5) is 4.64. The molecule has 0 atom stereocenters. The molecule has 1 aliphatic rings. The molecule has 2 nitrogen and oxygen atoms in total. The summed E-state index contributed by atoms with van der Waals surface area (Å²) in [6.07, 6.45) is 3.77. The van der Waals surface area contributed by atoms with Crippen LogP contribution in [0.5, 0.6) is 0 Å². The van der Waals surface area contributed by atoms with Crippen LogP contribution in [0, 0.1) is 6.92 Å². The Balaban J connectivity index is 1.22. The number of benzene rings is 8. The Labute approximate surface area is 330 Å². The van der Waals surface area contributed by atoms with Crippen LogP contribution < -0.4 is 9.80 Å². The molecule has 1 aliphatic carbocycles. The normalized spacial score (nSPS) is 12.3. The van der Waals surface area contributed by atoms with Gasteiger partial charge in [-0.15, -0.1) is 0 Å². The number of hydrogen-bond acceptors (Lipinski definition) is 2. The first kappa shape index (κ1) is 34.6. The number of nitrogens with zero attached hydrogens (tertiary/aromatic N) is 2. The summed E-state index contributed by atoms with van der Waals surface area (Å²) in [7, 11) is 0. The van der Waals surface area contributed by atoms with Crippen LogP contribution in [-0.4, -0.2) is 0 Å². The molecular weight excluding hydrogens is 677 g/mol. The second-order valence-electron chi connectivity index (χ2n) is 14.4. The fourth-order valence-electron chi connectivity index (χ4n) is 8.47. The van der Waals surface area contributed by atoms with Crippen molar-refractivity contribution in [3.8, 4) is 11.1 Å². The minimum Gasteiger partial charge on any atom is -0.311 e. The second-order valence-corrected chi connectivity index (χ2v) is 14.4. The Morgan fingerprint density at radius 2 is 0.750 bits per heavy atom. The van der Waals surface area contributed by atoms with Gasteiger partial charge in [0.25, 0.3) is 0 Å². The van der Waals surface area contributed by atoms with Crippen LogP contribution in [0.3, 0.4) is 0 Å². The molecule has 9 rings (SSSR count). The third kappa shape index (κ3) is 5.93. The highest BCUT2D eigenvalue weighted by Gasteiger charge is 2.46. The van der Waals surface area contributed by atoms with Crippen LogP contribution >= 0.6 is 0 Å². The summed E-state index contributed by atoms with van der Waals surface area (Å²) in [5, 5.41) is 0. The summed E-state index contributed by atoms with van der Waals surface area (Å²) in [5.74, 6) is 0. The molecule has 0 spiro atoms. The van der Waals surface area contributed by atoms with Crippen LogP contribution in [0.2, 0.25) is 0 Å². The first-order valence-electron chi connectivity index (χ1n) is 19.2. The fraction of sp³-hybridized carbons (Fsp3) is 0.0370. The van der Waals surface area contributed by atoms with Crippen LogP contribution in [0.1, 0.15) is 38.9 Å². The zero-order valence-corrected chi connectivity index (χ0v) is 31.5. The predicted octanol–water partition coefficient (Wildman–Crippen LogP) is 14.6. The smallest absolute Gasteiger partial charge is 0.0713 e. The summed E-state index contributed by atoms with van der Waals surface area (Å²) in [6.45, 7) is 10.1. The van der Waals surface area contributed by atoms with E-state index in [0.29, 0.717) is 0 Å². The van der Waals surface area contributed by atoms with Gasteiger partial charge in [0.1, 0.15) is 0 Å². The van der Waals surface area contributed by atoms with E-state index < -0.39 is 5.41 Å². The Morgan fingerprint density at radius 1 is 0.375 bits per heavy atom. The maximum atomic E-state index is 3.97. The number of hydrogen-bond donors (Lipinski definition) is 0. The van der Waals surface area contributed by atoms with Crippen molar-refractivity contribution < 1.29 is 0 Å². The van der Waals surface area contributed by atoms with Gasteiger partial charge in [0.15, 0.2) is 0 Å². The van der Waals surface area contributed by atoms with Crippen molar-refractivity contribution in [3.63, 3.8) is 0 Å². The van der Waals surface area contributed by atoms with E-state index in [-0.39, 0.29) is 0 Å². The van der Waals surface area contributed by atoms with E-state index in [1.807, 2.05) is 12.2 Å². The highest BCUT2D eigenvalue weighted by molar-refractivity contribution is 5.88. The molecular formula is C54H42N2. The van der Waals surface area contributed by atoms with Gasteiger partial charge in [0.2, 0.25) is 0 Å². The lowest BCUT2D eigenvalue weighted by molar-refractivity contribution is 0.767. The lowest BCUT2D eigenvalue weighted by Crippen LogP contribution is -2.29. The second kappa shape index (κ2) is 14.6. The van der Waals surface area contributed by atoms with Gasteiger partial charge in [0.05, 0.1) is 5.41 Å². The number of rotatable bonds is 10. The molecule has 0 saturated carbocycles. The molecule has 0 bridgehead atoms. The Morgan fingerprint density at radius 3 is 1.20 bits per heavy atom. The molecule has 268 valence electrons. The van der Waals surface area contributed by atoms with Gasteiger partial charge in [-0.3, -0.25) is 0 Å². The first-order valence-corrected chi connectivity index (χ1v) is 19.2. The van der Waals surface area contributed by atoms with Crippen molar-refractivity contribution in [1.82, 2.24) is 0 Å². The number of fused-ring (bicyclic) bond motifs is 3. The third-order valence-corrected chi connectivity index (χ3v) is 11.1. The molecule has 0 unspecified atom stereocenters. The van der Waals surface area contributed by atoms with Crippen molar-refractivity contribution >= 4 is 46.3 Å². The van der Waals surface area contributed by atoms with Gasteiger partial charge < -0.3 is 9.80 Å². The maximum absolute atomic E-state index is 3.97. The monoisotopic (exact) mass is 718 g/mol. The van der Waals surface area contributed by atoms with Crippen LogP contribution in [-0.2, 0) is 5.41 Å². The SMILES string of the molecule is C=Cc1ccc(N(c2ccccc2)c2ccc(C3(c4ccc(N(c5ccccc5)c5ccc(C=C)cc5)cc4)c4ccccc4-c4ccc(C)cc43)cc2)cc1. The number of para-hydroxylation sites is 2. The summed E-state index contributed by atoms with van der Waals surface area (Å²) < 4.78 is 0. The van der Waals surface area contributed by atoms with E-state index in [2.05, 4.69) is 230 Å². The largest absolute Gasteiger partial charge is 0.311 e. The Hall–Kier alpha value is -7.16. The number of aryl methyl sites for hydroxylation is 1. The topological polar surface area (TPSA) is 6.48 Å². The molecule has 2 heteroatoms. The van der Waals surface area contributed by atoms with Crippen molar-refractivity contribution in [2.75, 3.05) is 9.80 Å². The van der Waals surface area contributed by atoms with Gasteiger partial charge in [0, 0.05) is 34.1 Å². The van der Waals surface area contributed by atoms with E-state index in [4.69, 9.17) is 0 Å². The van der Waals surface area contributed by atoms with E-state index in [1.54, 1.807) is 0 Å². The zero-order valence-electron chi connectivity index (χ0n) is 31.5. The molecule has 0 fully saturated rings. The minimum absolute atomic E-state index is 0.540. The van der Waals surface area contributed by atoms with E-state index in [0.717, 1.165) is 45.3 Å². The molecule has 0 amide bonds. The van der Waals surface area contributed by atoms with E-state index >= 15 is 0 Å². The highest BCUT2D eigenvalue weighted by Crippen LogP contribution is 2.57. The fourth-order valence-corrected chi connectivity index (χ4v) is 8.47. The molecule has 8 aromatic rings. The molecule has 8 aromatic carbocycles. The maximum Gasteiger partial charge on any atom is 0.0713 e. The molecule has 0 aliphatic heterocycles. The van der Waals surface area contributed by atoms with Crippen molar-refractivity contribution in [2.45, 2.75) is 12.3 Å². The quantitative estimate of drug-likeness (QED) is 0.139. The average Bonchev–Trinajstić information content (AvgIpc) is 3.55. The van der Waals surface area contributed by atoms with Gasteiger partial charge in [-0.2, -0.15) is 0 Å². The molecule has 0 saturated heterocycles. The van der Waals surface area contributed by atoms with Crippen molar-refractivity contribution in [2.24, 2.45) is 0 Å². The van der Waals surface area contributed by atoms with Crippen molar-refractivity contribution in [3.05, 3.63) is 252 Å². The van der Waals surface area contributed by atoms with Gasteiger partial charge in [-0.25, -0.2) is 0 Å². The highest BCUT2D eigenvalue weighted by atomic mass is 15.1. The molecule has 0 N–H and O–H groups in total. The Bertz CT molecular complexity index is 2500. The minimum atomic E-state index is -0.540. The van der Waals surface area contributed by atoms with Gasteiger partial charge in [-0.05, 0) is 124 Å². The zero-order chi connectivity index (χ0) is 38.1. The Kier molecular flexibility index (Phi) is 9.01. The van der Waals surface area contributed by atoms with E-state index in [1.165, 1.54) is 38.9 Å². The summed E-state index contributed by atoms with van der Waals surface area (Å²) in [5.41, 5.74) is 17.1. The summed E-state index contributed by atoms with van der Waals surface area (Å²) >= 11 is 0. The predicted molar refractivity (Wildman–Crippen MR) is 238 cm³/mol. The molecule has 0 radical (unpaired) electrons. The molecule has 56 heavy (non-hydrogen) atoms. The van der Waals surface area contributed by atoms with Crippen molar-refractivity contribution in [1.29, 1.82) is 0 Å². The lowest BCUT2D eigenvalue weighted by Gasteiger charge is -2.35. The molecule has 0 aromatic heterocycles. The van der Waals surface area contributed by atoms with Crippen LogP contribution in [0.15, 0.2) is 213 Å². The van der Waals surface area contributed by atoms with E-state index in [9.17, 15) is 0 Å². The van der Waals surface area contributed by atoms with Crippen LogP contribution in [0.4, 0.5) is 34.1 Å². The lowest BCUT2D eigenvalue weighted by atomic mass is 9.67. The van der Waals surface area contributed by atoms with Crippen LogP contribution in [0.25, 0.3) is 23.3 Å². The standard InChI is InChI=1S/C54H42N2/c1-4-40-21-29-46(30-22-40)55(44-14-8-6-9-15-44)48-33-25-42(26-34-48)54(52-19-13-12-18-50(52)51-37-20-39(3)38-53(51)54)43-27-35-49(36-28-43)56(45-16-10-7-11-17-45)47-31-23-41(5-2)24-32-47/h4-38H,1-2H2,3H3. The average molecular weight is 719 g/mol. The van der Waals surface area contributed by atoms with Gasteiger partial charge >= 0.3 is 0 Å². The number of anilines is 6. The molecule has 0 heterocycles. The van der Waals surface area contributed by atoms with Gasteiger partial charge in [-0.1, -0.05) is 158 Å².